The third kappa shape index (κ3) is 5.87. The number of rotatable bonds is 7. The van der Waals surface area contributed by atoms with Crippen LogP contribution >= 0.6 is 0 Å². The summed E-state index contributed by atoms with van der Waals surface area (Å²) in [5, 5.41) is 12.7. The standard InChI is InChI=1S/C33H39N5/c1-22(16-30-25(4)36-13-10-29(30)27-8-9-31(35-7)37-19-27)20-38-14-11-26(12-15-38)32-23(2)17-28(18-24(32)3)33(5,6)21-34/h8-11,13,16-19H,12,14-15,20H2,1-7H3,(H,35,37)/b22-16+. The predicted molar refractivity (Wildman–Crippen MR) is 159 cm³/mol. The quantitative estimate of drug-likeness (QED) is 0.371. The maximum Gasteiger partial charge on any atom is 0.125 e. The van der Waals surface area contributed by atoms with E-state index in [1.807, 2.05) is 39.4 Å². The van der Waals surface area contributed by atoms with Gasteiger partial charge in [0, 0.05) is 55.9 Å². The van der Waals surface area contributed by atoms with E-state index in [0.717, 1.165) is 59.8 Å². The largest absolute Gasteiger partial charge is 0.373 e. The van der Waals surface area contributed by atoms with E-state index in [9.17, 15) is 5.26 Å². The molecular formula is C33H39N5. The van der Waals surface area contributed by atoms with Gasteiger partial charge in [-0.1, -0.05) is 29.9 Å². The van der Waals surface area contributed by atoms with Gasteiger partial charge in [0.15, 0.2) is 0 Å². The molecule has 1 N–H and O–H groups in total. The minimum absolute atomic E-state index is 0.477. The lowest BCUT2D eigenvalue weighted by Crippen LogP contribution is -2.30. The van der Waals surface area contributed by atoms with Crippen molar-refractivity contribution in [1.82, 2.24) is 14.9 Å². The van der Waals surface area contributed by atoms with Crippen LogP contribution in [0.25, 0.3) is 22.8 Å². The summed E-state index contributed by atoms with van der Waals surface area (Å²) in [6, 6.07) is 13.0. The Morgan fingerprint density at radius 2 is 1.87 bits per heavy atom. The fraction of sp³-hybridized carbons (Fsp3) is 0.364. The second-order valence-electron chi connectivity index (χ2n) is 11.0. The molecular weight excluding hydrogens is 466 g/mol. The van der Waals surface area contributed by atoms with Gasteiger partial charge in [0.25, 0.3) is 0 Å². The zero-order chi connectivity index (χ0) is 27.4. The summed E-state index contributed by atoms with van der Waals surface area (Å²) in [6.07, 6.45) is 9.49. The Bertz CT molecular complexity index is 1400. The molecule has 3 aromatic rings. The molecule has 38 heavy (non-hydrogen) atoms. The molecule has 1 aromatic carbocycles. The van der Waals surface area contributed by atoms with E-state index >= 15 is 0 Å². The number of anilines is 1. The van der Waals surface area contributed by atoms with Crippen molar-refractivity contribution in [2.75, 3.05) is 32.0 Å². The Labute approximate surface area is 228 Å². The number of nitrogens with one attached hydrogen (secondary N) is 1. The average Bonchev–Trinajstić information content (AvgIpc) is 2.90. The second-order valence-corrected chi connectivity index (χ2v) is 11.0. The molecule has 5 nitrogen and oxygen atoms in total. The van der Waals surface area contributed by atoms with Crippen LogP contribution in [0.5, 0.6) is 0 Å². The number of aryl methyl sites for hydroxylation is 3. The lowest BCUT2D eigenvalue weighted by molar-refractivity contribution is 0.328. The van der Waals surface area contributed by atoms with Crippen molar-refractivity contribution in [2.45, 2.75) is 53.4 Å². The molecule has 4 rings (SSSR count). The molecule has 5 heteroatoms. The first-order chi connectivity index (χ1) is 18.1. The molecule has 3 heterocycles. The molecule has 1 aliphatic heterocycles. The zero-order valence-corrected chi connectivity index (χ0v) is 23.8. The summed E-state index contributed by atoms with van der Waals surface area (Å²) >= 11 is 0. The number of nitrogens with zero attached hydrogens (tertiary/aromatic N) is 4. The van der Waals surface area contributed by atoms with Crippen LogP contribution in [0.3, 0.4) is 0 Å². The average molecular weight is 506 g/mol. The van der Waals surface area contributed by atoms with Gasteiger partial charge in [-0.05, 0) is 99.6 Å². The summed E-state index contributed by atoms with van der Waals surface area (Å²) in [5.41, 5.74) is 11.6. The summed E-state index contributed by atoms with van der Waals surface area (Å²) in [6.45, 7) is 15.5. The fourth-order valence-corrected chi connectivity index (χ4v) is 5.33. The van der Waals surface area contributed by atoms with E-state index in [1.165, 1.54) is 27.8 Å². The topological polar surface area (TPSA) is 64.8 Å². The number of hydrogen-bond donors (Lipinski definition) is 1. The molecule has 0 fully saturated rings. The van der Waals surface area contributed by atoms with Crippen LogP contribution in [0.4, 0.5) is 5.82 Å². The van der Waals surface area contributed by atoms with E-state index in [1.54, 1.807) is 0 Å². The van der Waals surface area contributed by atoms with E-state index in [4.69, 9.17) is 0 Å². The molecule has 0 saturated carbocycles. The Kier molecular flexibility index (Phi) is 8.14. The molecule has 0 amide bonds. The molecule has 0 aliphatic carbocycles. The molecule has 0 unspecified atom stereocenters. The SMILES string of the molecule is CNc1ccc(-c2ccnc(C)c2/C=C(\C)CN2CC=C(c3c(C)cc(C(C)(C)C#N)cc3C)CC2)cn1. The summed E-state index contributed by atoms with van der Waals surface area (Å²) in [7, 11) is 1.88. The third-order valence-corrected chi connectivity index (χ3v) is 7.53. The Morgan fingerprint density at radius 1 is 1.13 bits per heavy atom. The van der Waals surface area contributed by atoms with Gasteiger partial charge >= 0.3 is 0 Å². The molecule has 0 radical (unpaired) electrons. The Hall–Kier alpha value is -3.75. The maximum atomic E-state index is 9.57. The van der Waals surface area contributed by atoms with Crippen molar-refractivity contribution in [2.24, 2.45) is 0 Å². The van der Waals surface area contributed by atoms with Crippen molar-refractivity contribution >= 4 is 17.5 Å². The minimum Gasteiger partial charge on any atom is -0.373 e. The van der Waals surface area contributed by atoms with E-state index in [-0.39, 0.29) is 0 Å². The fourth-order valence-electron chi connectivity index (χ4n) is 5.33. The smallest absolute Gasteiger partial charge is 0.125 e. The van der Waals surface area contributed by atoms with Crippen LogP contribution < -0.4 is 5.32 Å². The number of hydrogen-bond acceptors (Lipinski definition) is 5. The molecule has 0 spiro atoms. The van der Waals surface area contributed by atoms with Gasteiger partial charge < -0.3 is 5.32 Å². The molecule has 196 valence electrons. The van der Waals surface area contributed by atoms with E-state index < -0.39 is 5.41 Å². The third-order valence-electron chi connectivity index (χ3n) is 7.53. The summed E-state index contributed by atoms with van der Waals surface area (Å²) in [4.78, 5) is 11.6. The van der Waals surface area contributed by atoms with Crippen LogP contribution in [-0.2, 0) is 5.41 Å². The maximum absolute atomic E-state index is 9.57. The number of benzene rings is 1. The minimum atomic E-state index is -0.477. The van der Waals surface area contributed by atoms with Crippen LogP contribution in [0.2, 0.25) is 0 Å². The van der Waals surface area contributed by atoms with Crippen molar-refractivity contribution < 1.29 is 0 Å². The first-order valence-electron chi connectivity index (χ1n) is 13.3. The highest BCUT2D eigenvalue weighted by Gasteiger charge is 2.23. The lowest BCUT2D eigenvalue weighted by atomic mass is 9.81. The van der Waals surface area contributed by atoms with Crippen molar-refractivity contribution in [1.29, 1.82) is 5.26 Å². The molecule has 2 aromatic heterocycles. The van der Waals surface area contributed by atoms with Gasteiger partial charge in [0.2, 0.25) is 0 Å². The predicted octanol–water partition coefficient (Wildman–Crippen LogP) is 7.10. The van der Waals surface area contributed by atoms with Gasteiger partial charge in [-0.15, -0.1) is 0 Å². The highest BCUT2D eigenvalue weighted by molar-refractivity contribution is 5.77. The Morgan fingerprint density at radius 3 is 2.45 bits per heavy atom. The van der Waals surface area contributed by atoms with Gasteiger partial charge in [0.1, 0.15) is 5.82 Å². The number of aromatic nitrogens is 2. The first kappa shape index (κ1) is 27.3. The molecule has 0 atom stereocenters. The highest BCUT2D eigenvalue weighted by atomic mass is 15.1. The van der Waals surface area contributed by atoms with Crippen LogP contribution in [0, 0.1) is 32.1 Å². The summed E-state index contributed by atoms with van der Waals surface area (Å²) < 4.78 is 0. The molecule has 1 aliphatic rings. The summed E-state index contributed by atoms with van der Waals surface area (Å²) in [5.74, 6) is 0.859. The van der Waals surface area contributed by atoms with Crippen LogP contribution in [-0.4, -0.2) is 41.5 Å². The highest BCUT2D eigenvalue weighted by Crippen LogP contribution is 2.33. The van der Waals surface area contributed by atoms with Crippen LogP contribution in [0.15, 0.2) is 54.4 Å². The number of pyridine rings is 2. The van der Waals surface area contributed by atoms with Gasteiger partial charge in [-0.2, -0.15) is 5.26 Å². The van der Waals surface area contributed by atoms with Gasteiger partial charge in [-0.25, -0.2) is 4.98 Å². The first-order valence-corrected chi connectivity index (χ1v) is 13.3. The van der Waals surface area contributed by atoms with E-state index in [2.05, 4.69) is 90.4 Å². The monoisotopic (exact) mass is 505 g/mol. The van der Waals surface area contributed by atoms with Crippen molar-refractivity contribution in [3.63, 3.8) is 0 Å². The molecule has 0 bridgehead atoms. The lowest BCUT2D eigenvalue weighted by Gasteiger charge is -2.29. The molecule has 0 saturated heterocycles. The van der Waals surface area contributed by atoms with Crippen molar-refractivity contribution in [3.05, 3.63) is 87.9 Å². The zero-order valence-electron chi connectivity index (χ0n) is 23.8. The number of nitriles is 1. The Balaban J connectivity index is 1.51. The van der Waals surface area contributed by atoms with Gasteiger partial charge in [-0.3, -0.25) is 9.88 Å². The van der Waals surface area contributed by atoms with Crippen molar-refractivity contribution in [3.8, 4) is 17.2 Å². The van der Waals surface area contributed by atoms with Gasteiger partial charge in [0.05, 0.1) is 11.5 Å². The second kappa shape index (κ2) is 11.3. The van der Waals surface area contributed by atoms with Crippen LogP contribution in [0.1, 0.15) is 60.7 Å². The van der Waals surface area contributed by atoms with E-state index in [0.29, 0.717) is 0 Å². The normalized spacial score (nSPS) is 14.7.